The molecule has 2 atom stereocenters. The van der Waals surface area contributed by atoms with Gasteiger partial charge in [0.25, 0.3) is 0 Å². The number of alkyl halides is 1. The molecular weight excluding hydrogens is 422 g/mol. The van der Waals surface area contributed by atoms with Crippen LogP contribution in [0.3, 0.4) is 0 Å². The predicted octanol–water partition coefficient (Wildman–Crippen LogP) is 4.95. The standard InChI is InChI=1S/C21H24BrN3OS/c22-21-8-14-5-15(9-21)7-20(6-14,13-21)10-18(26)24-11-19-25-17(12-27-19)16-1-3-23-4-2-16/h1-4,12,14-15H,5-11,13H2,(H,24,26). The number of halogens is 1. The second kappa shape index (κ2) is 6.66. The number of hydrogen-bond donors (Lipinski definition) is 1. The van der Waals surface area contributed by atoms with Gasteiger partial charge in [-0.2, -0.15) is 0 Å². The number of thiazole rings is 1. The second-order valence-electron chi connectivity index (χ2n) is 8.93. The minimum absolute atomic E-state index is 0.189. The van der Waals surface area contributed by atoms with Gasteiger partial charge < -0.3 is 5.32 Å². The average Bonchev–Trinajstić information content (AvgIpc) is 3.07. The number of nitrogens with one attached hydrogen (secondary N) is 1. The minimum Gasteiger partial charge on any atom is -0.350 e. The van der Waals surface area contributed by atoms with Gasteiger partial charge in [-0.1, -0.05) is 15.9 Å². The molecule has 2 aromatic heterocycles. The number of hydrogen-bond acceptors (Lipinski definition) is 4. The molecule has 0 aliphatic heterocycles. The Hall–Kier alpha value is -1.27. The molecule has 4 aliphatic rings. The molecule has 4 bridgehead atoms. The fraction of sp³-hybridized carbons (Fsp3) is 0.571. The van der Waals surface area contributed by atoms with Gasteiger partial charge >= 0.3 is 0 Å². The van der Waals surface area contributed by atoms with Gasteiger partial charge in [-0.05, 0) is 67.9 Å². The van der Waals surface area contributed by atoms with E-state index >= 15 is 0 Å². The van der Waals surface area contributed by atoms with Gasteiger partial charge in [0.15, 0.2) is 0 Å². The lowest BCUT2D eigenvalue weighted by Crippen LogP contribution is -2.54. The molecule has 142 valence electrons. The van der Waals surface area contributed by atoms with E-state index in [9.17, 15) is 4.79 Å². The Bertz CT molecular complexity index is 838. The molecule has 2 aromatic rings. The Morgan fingerprint density at radius 1 is 1.22 bits per heavy atom. The topological polar surface area (TPSA) is 54.9 Å². The largest absolute Gasteiger partial charge is 0.350 e. The third-order valence-electron chi connectivity index (χ3n) is 6.61. The third kappa shape index (κ3) is 3.58. The molecule has 6 rings (SSSR count). The summed E-state index contributed by atoms with van der Waals surface area (Å²) in [6, 6.07) is 3.92. The summed E-state index contributed by atoms with van der Waals surface area (Å²) < 4.78 is 0.312. The highest BCUT2D eigenvalue weighted by molar-refractivity contribution is 9.10. The Labute approximate surface area is 172 Å². The first-order valence-electron chi connectivity index (χ1n) is 9.81. The lowest BCUT2D eigenvalue weighted by Gasteiger charge is -2.60. The molecular formula is C21H24BrN3OS. The van der Waals surface area contributed by atoms with Crippen LogP contribution >= 0.6 is 27.3 Å². The van der Waals surface area contributed by atoms with Crippen molar-refractivity contribution in [2.45, 2.75) is 55.8 Å². The Morgan fingerprint density at radius 3 is 2.67 bits per heavy atom. The summed E-state index contributed by atoms with van der Waals surface area (Å²) in [5.74, 6) is 1.83. The van der Waals surface area contributed by atoms with Crippen molar-refractivity contribution in [2.75, 3.05) is 0 Å². The van der Waals surface area contributed by atoms with Crippen molar-refractivity contribution in [2.24, 2.45) is 17.3 Å². The minimum atomic E-state index is 0.189. The molecule has 4 aliphatic carbocycles. The molecule has 0 aromatic carbocycles. The van der Waals surface area contributed by atoms with Crippen LogP contribution in [-0.2, 0) is 11.3 Å². The number of aromatic nitrogens is 2. The van der Waals surface area contributed by atoms with E-state index in [1.54, 1.807) is 23.7 Å². The van der Waals surface area contributed by atoms with E-state index in [0.29, 0.717) is 17.3 Å². The van der Waals surface area contributed by atoms with E-state index < -0.39 is 0 Å². The van der Waals surface area contributed by atoms with Crippen LogP contribution in [0.4, 0.5) is 0 Å². The first kappa shape index (κ1) is 17.8. The number of rotatable bonds is 5. The molecule has 0 saturated heterocycles. The van der Waals surface area contributed by atoms with Crippen LogP contribution in [0.2, 0.25) is 0 Å². The zero-order valence-corrected chi connectivity index (χ0v) is 17.7. The van der Waals surface area contributed by atoms with Crippen LogP contribution < -0.4 is 5.32 Å². The number of amides is 1. The Kier molecular flexibility index (Phi) is 4.39. The van der Waals surface area contributed by atoms with E-state index in [4.69, 9.17) is 0 Å². The van der Waals surface area contributed by atoms with Crippen LogP contribution in [-0.4, -0.2) is 20.2 Å². The lowest BCUT2D eigenvalue weighted by molar-refractivity contribution is -0.128. The highest BCUT2D eigenvalue weighted by atomic mass is 79.9. The van der Waals surface area contributed by atoms with Crippen molar-refractivity contribution in [1.29, 1.82) is 0 Å². The number of carbonyl (C=O) groups is 1. The van der Waals surface area contributed by atoms with E-state index in [2.05, 4.69) is 31.2 Å². The summed E-state index contributed by atoms with van der Waals surface area (Å²) in [7, 11) is 0. The zero-order valence-electron chi connectivity index (χ0n) is 15.3. The summed E-state index contributed by atoms with van der Waals surface area (Å²) >= 11 is 5.64. The number of carbonyl (C=O) groups excluding carboxylic acids is 1. The van der Waals surface area contributed by atoms with Gasteiger partial charge in [0.1, 0.15) is 5.01 Å². The Balaban J connectivity index is 1.20. The van der Waals surface area contributed by atoms with Crippen molar-refractivity contribution in [3.63, 3.8) is 0 Å². The van der Waals surface area contributed by atoms with Gasteiger partial charge in [0.05, 0.1) is 12.2 Å². The second-order valence-corrected chi connectivity index (χ2v) is 11.6. The summed E-state index contributed by atoms with van der Waals surface area (Å²) in [6.07, 6.45) is 11.9. The van der Waals surface area contributed by atoms with E-state index in [1.165, 1.54) is 38.5 Å². The van der Waals surface area contributed by atoms with E-state index in [1.807, 2.05) is 17.5 Å². The first-order valence-corrected chi connectivity index (χ1v) is 11.5. The SMILES string of the molecule is O=C(CC12CC3CC(CC(Br)(C3)C1)C2)NCc1nc(-c2ccncc2)cs1. The van der Waals surface area contributed by atoms with Crippen LogP contribution in [0.1, 0.15) is 50.0 Å². The lowest BCUT2D eigenvalue weighted by atomic mass is 9.48. The molecule has 2 heterocycles. The van der Waals surface area contributed by atoms with Crippen molar-refractivity contribution in [1.82, 2.24) is 15.3 Å². The average molecular weight is 446 g/mol. The van der Waals surface area contributed by atoms with Crippen molar-refractivity contribution < 1.29 is 4.79 Å². The maximum absolute atomic E-state index is 12.7. The summed E-state index contributed by atoms with van der Waals surface area (Å²) in [5.41, 5.74) is 2.24. The maximum atomic E-state index is 12.7. The van der Waals surface area contributed by atoms with Crippen LogP contribution in [0.15, 0.2) is 29.9 Å². The van der Waals surface area contributed by atoms with Crippen molar-refractivity contribution >= 4 is 33.2 Å². The highest BCUT2D eigenvalue weighted by Gasteiger charge is 2.57. The molecule has 2 unspecified atom stereocenters. The molecule has 1 amide bonds. The van der Waals surface area contributed by atoms with E-state index in [-0.39, 0.29) is 11.3 Å². The maximum Gasteiger partial charge on any atom is 0.220 e. The van der Waals surface area contributed by atoms with Crippen molar-refractivity contribution in [3.05, 3.63) is 34.9 Å². The molecule has 0 spiro atoms. The number of nitrogens with zero attached hydrogens (tertiary/aromatic N) is 2. The fourth-order valence-electron chi connectivity index (χ4n) is 6.17. The fourth-order valence-corrected chi connectivity index (χ4v) is 8.42. The van der Waals surface area contributed by atoms with Crippen LogP contribution in [0.25, 0.3) is 11.3 Å². The highest BCUT2D eigenvalue weighted by Crippen LogP contribution is 2.65. The smallest absolute Gasteiger partial charge is 0.220 e. The monoisotopic (exact) mass is 445 g/mol. The quantitative estimate of drug-likeness (QED) is 0.662. The first-order chi connectivity index (χ1) is 13.0. The Morgan fingerprint density at radius 2 is 1.96 bits per heavy atom. The summed E-state index contributed by atoms with van der Waals surface area (Å²) in [6.45, 7) is 0.525. The van der Waals surface area contributed by atoms with E-state index in [0.717, 1.165) is 28.1 Å². The van der Waals surface area contributed by atoms with Crippen LogP contribution in [0.5, 0.6) is 0 Å². The van der Waals surface area contributed by atoms with Crippen molar-refractivity contribution in [3.8, 4) is 11.3 Å². The molecule has 6 heteroatoms. The molecule has 4 nitrogen and oxygen atoms in total. The third-order valence-corrected chi connectivity index (χ3v) is 8.39. The van der Waals surface area contributed by atoms with Gasteiger partial charge in [0.2, 0.25) is 5.91 Å². The number of pyridine rings is 1. The van der Waals surface area contributed by atoms with Gasteiger partial charge in [-0.15, -0.1) is 11.3 Å². The van der Waals surface area contributed by atoms with Gasteiger partial charge in [-0.3, -0.25) is 9.78 Å². The molecule has 4 fully saturated rings. The summed E-state index contributed by atoms with van der Waals surface area (Å²) in [4.78, 5) is 21.4. The molecule has 27 heavy (non-hydrogen) atoms. The normalized spacial score (nSPS) is 34.0. The van der Waals surface area contributed by atoms with Gasteiger partial charge in [-0.25, -0.2) is 4.98 Å². The van der Waals surface area contributed by atoms with Gasteiger partial charge in [0, 0.05) is 34.1 Å². The molecule has 1 N–H and O–H groups in total. The summed E-state index contributed by atoms with van der Waals surface area (Å²) in [5, 5.41) is 6.13. The predicted molar refractivity (Wildman–Crippen MR) is 111 cm³/mol. The van der Waals surface area contributed by atoms with Crippen LogP contribution in [0, 0.1) is 17.3 Å². The zero-order chi connectivity index (χ0) is 18.5. The molecule has 4 saturated carbocycles. The molecule has 0 radical (unpaired) electrons.